The van der Waals surface area contributed by atoms with Gasteiger partial charge in [-0.1, -0.05) is 18.2 Å². The molecule has 1 aliphatic heterocycles. The fraction of sp³-hybridized carbons (Fsp3) is 0.292. The van der Waals surface area contributed by atoms with E-state index in [2.05, 4.69) is 37.3 Å². The van der Waals surface area contributed by atoms with Crippen molar-refractivity contribution in [2.24, 2.45) is 0 Å². The Hall–Kier alpha value is -3.70. The topological polar surface area (TPSA) is 74.1 Å². The third-order valence-corrected chi connectivity index (χ3v) is 6.07. The van der Waals surface area contributed by atoms with Gasteiger partial charge in [-0.05, 0) is 36.8 Å². The quantitative estimate of drug-likeness (QED) is 0.477. The van der Waals surface area contributed by atoms with E-state index < -0.39 is 0 Å². The van der Waals surface area contributed by atoms with E-state index >= 15 is 0 Å². The highest BCUT2D eigenvalue weighted by Crippen LogP contribution is 2.26. The highest BCUT2D eigenvalue weighted by atomic mass is 19.1. The number of imidazole rings is 1. The number of anilines is 1. The highest BCUT2D eigenvalue weighted by molar-refractivity contribution is 5.75. The number of halogens is 1. The molecule has 1 aliphatic rings. The Balaban J connectivity index is 1.24. The number of hydrogen-bond donors (Lipinski definition) is 0. The number of para-hydroxylation sites is 1. The molecule has 1 unspecified atom stereocenters. The van der Waals surface area contributed by atoms with Gasteiger partial charge in [-0.2, -0.15) is 10.2 Å². The van der Waals surface area contributed by atoms with Gasteiger partial charge in [-0.25, -0.2) is 9.37 Å². The van der Waals surface area contributed by atoms with Crippen molar-refractivity contribution in [1.82, 2.24) is 19.4 Å². The first-order valence-corrected chi connectivity index (χ1v) is 10.7. The zero-order valence-corrected chi connectivity index (χ0v) is 17.8. The number of piperazine rings is 1. The summed E-state index contributed by atoms with van der Waals surface area (Å²) in [6, 6.07) is 15.2. The lowest BCUT2D eigenvalue weighted by Crippen LogP contribution is -2.46. The van der Waals surface area contributed by atoms with E-state index in [0.29, 0.717) is 17.1 Å². The molecule has 2 aromatic heterocycles. The van der Waals surface area contributed by atoms with Crippen LogP contribution in [0.25, 0.3) is 11.1 Å². The molecule has 1 fully saturated rings. The van der Waals surface area contributed by atoms with Gasteiger partial charge < -0.3 is 13.9 Å². The standard InChI is InChI=1S/C24H23FN6O/c1-17(19-7-5-18(13-26)6-8-19)31-16-27-14-20(31)15-29-9-11-30(12-10-29)24-28-22-4-2-3-21(25)23(22)32-24/h2-8,14,16-17H,9-12,15H2,1H3. The monoisotopic (exact) mass is 430 g/mol. The van der Waals surface area contributed by atoms with Crippen molar-refractivity contribution in [1.29, 1.82) is 5.26 Å². The summed E-state index contributed by atoms with van der Waals surface area (Å²) in [4.78, 5) is 13.3. The van der Waals surface area contributed by atoms with Gasteiger partial charge >= 0.3 is 0 Å². The molecule has 5 rings (SSSR count). The maximum atomic E-state index is 13.9. The summed E-state index contributed by atoms with van der Waals surface area (Å²) in [7, 11) is 0. The first kappa shape index (κ1) is 20.2. The van der Waals surface area contributed by atoms with Crippen LogP contribution in [0.2, 0.25) is 0 Å². The van der Waals surface area contributed by atoms with Crippen LogP contribution in [0, 0.1) is 17.1 Å². The van der Waals surface area contributed by atoms with E-state index in [4.69, 9.17) is 9.68 Å². The van der Waals surface area contributed by atoms with E-state index in [1.165, 1.54) is 6.07 Å². The first-order valence-electron chi connectivity index (χ1n) is 10.7. The van der Waals surface area contributed by atoms with Gasteiger partial charge in [0.15, 0.2) is 11.4 Å². The maximum absolute atomic E-state index is 13.9. The molecule has 1 saturated heterocycles. The molecule has 0 N–H and O–H groups in total. The van der Waals surface area contributed by atoms with Gasteiger partial charge in [-0.3, -0.25) is 4.90 Å². The predicted octanol–water partition coefficient (Wildman–Crippen LogP) is 3.97. The predicted molar refractivity (Wildman–Crippen MR) is 119 cm³/mol. The Labute approximate surface area is 185 Å². The second-order valence-electron chi connectivity index (χ2n) is 8.05. The molecule has 7 nitrogen and oxygen atoms in total. The molecule has 32 heavy (non-hydrogen) atoms. The SMILES string of the molecule is CC(c1ccc(C#N)cc1)n1cncc1CN1CCN(c2nc3cccc(F)c3o2)CC1. The van der Waals surface area contributed by atoms with E-state index in [-0.39, 0.29) is 17.4 Å². The molecular weight excluding hydrogens is 407 g/mol. The first-order chi connectivity index (χ1) is 15.6. The van der Waals surface area contributed by atoms with Crippen LogP contribution in [0.5, 0.6) is 0 Å². The number of fused-ring (bicyclic) bond motifs is 1. The molecule has 1 atom stereocenters. The zero-order chi connectivity index (χ0) is 22.1. The fourth-order valence-electron chi connectivity index (χ4n) is 4.17. The number of nitrogens with zero attached hydrogens (tertiary/aromatic N) is 6. The molecule has 4 aromatic rings. The summed E-state index contributed by atoms with van der Waals surface area (Å²) in [5.74, 6) is -0.385. The second kappa shape index (κ2) is 8.44. The van der Waals surface area contributed by atoms with Crippen LogP contribution in [0.3, 0.4) is 0 Å². The summed E-state index contributed by atoms with van der Waals surface area (Å²) < 4.78 is 21.8. The van der Waals surface area contributed by atoms with Crippen molar-refractivity contribution in [3.05, 3.63) is 77.6 Å². The van der Waals surface area contributed by atoms with Crippen LogP contribution in [0.1, 0.15) is 29.8 Å². The van der Waals surface area contributed by atoms with Crippen molar-refractivity contribution in [2.45, 2.75) is 19.5 Å². The van der Waals surface area contributed by atoms with Gasteiger partial charge in [0.05, 0.1) is 29.7 Å². The smallest absolute Gasteiger partial charge is 0.298 e. The van der Waals surface area contributed by atoms with Gasteiger partial charge in [-0.15, -0.1) is 0 Å². The van der Waals surface area contributed by atoms with Gasteiger partial charge in [0, 0.05) is 38.9 Å². The van der Waals surface area contributed by atoms with Crippen molar-refractivity contribution in [2.75, 3.05) is 31.1 Å². The Morgan fingerprint density at radius 3 is 2.62 bits per heavy atom. The molecule has 2 aromatic carbocycles. The number of rotatable bonds is 5. The fourth-order valence-corrected chi connectivity index (χ4v) is 4.17. The number of nitriles is 1. The lowest BCUT2D eigenvalue weighted by molar-refractivity contribution is 0.239. The van der Waals surface area contributed by atoms with E-state index in [1.54, 1.807) is 12.1 Å². The zero-order valence-electron chi connectivity index (χ0n) is 17.8. The molecule has 0 bridgehead atoms. The van der Waals surface area contributed by atoms with E-state index in [9.17, 15) is 4.39 Å². The lowest BCUT2D eigenvalue weighted by Gasteiger charge is -2.34. The Morgan fingerprint density at radius 1 is 1.12 bits per heavy atom. The average Bonchev–Trinajstić information content (AvgIpc) is 3.47. The summed E-state index contributed by atoms with van der Waals surface area (Å²) >= 11 is 0. The Kier molecular flexibility index (Phi) is 5.33. The average molecular weight is 430 g/mol. The summed E-state index contributed by atoms with van der Waals surface area (Å²) in [6.07, 6.45) is 3.78. The van der Waals surface area contributed by atoms with Crippen LogP contribution >= 0.6 is 0 Å². The molecule has 162 valence electrons. The molecule has 0 aliphatic carbocycles. The summed E-state index contributed by atoms with van der Waals surface area (Å²) in [5.41, 5.74) is 3.69. The molecule has 8 heteroatoms. The molecule has 0 saturated carbocycles. The van der Waals surface area contributed by atoms with Crippen LogP contribution < -0.4 is 4.90 Å². The molecule has 0 spiro atoms. The van der Waals surface area contributed by atoms with Crippen molar-refractivity contribution in [3.63, 3.8) is 0 Å². The third-order valence-electron chi connectivity index (χ3n) is 6.07. The third kappa shape index (κ3) is 3.83. The van der Waals surface area contributed by atoms with Crippen LogP contribution in [-0.2, 0) is 6.54 Å². The molecule has 3 heterocycles. The van der Waals surface area contributed by atoms with Crippen LogP contribution in [0.15, 0.2) is 59.4 Å². The number of hydrogen-bond acceptors (Lipinski definition) is 6. The second-order valence-corrected chi connectivity index (χ2v) is 8.05. The molecular formula is C24H23FN6O. The minimum atomic E-state index is -0.385. The lowest BCUT2D eigenvalue weighted by atomic mass is 10.1. The van der Waals surface area contributed by atoms with Crippen LogP contribution in [-0.4, -0.2) is 45.6 Å². The van der Waals surface area contributed by atoms with Crippen LogP contribution in [0.4, 0.5) is 10.4 Å². The molecule has 0 radical (unpaired) electrons. The minimum Gasteiger partial charge on any atom is -0.420 e. The Bertz CT molecular complexity index is 1260. The number of benzene rings is 2. The van der Waals surface area contributed by atoms with Gasteiger partial charge in [0.2, 0.25) is 0 Å². The number of oxazole rings is 1. The van der Waals surface area contributed by atoms with Gasteiger partial charge in [0.1, 0.15) is 5.52 Å². The van der Waals surface area contributed by atoms with Crippen molar-refractivity contribution < 1.29 is 8.81 Å². The summed E-state index contributed by atoms with van der Waals surface area (Å²) in [6.45, 7) is 6.13. The Morgan fingerprint density at radius 2 is 1.91 bits per heavy atom. The highest BCUT2D eigenvalue weighted by Gasteiger charge is 2.23. The van der Waals surface area contributed by atoms with E-state index in [0.717, 1.165) is 44.0 Å². The van der Waals surface area contributed by atoms with E-state index in [1.807, 2.05) is 36.8 Å². The van der Waals surface area contributed by atoms with Gasteiger partial charge in [0.25, 0.3) is 6.01 Å². The summed E-state index contributed by atoms with van der Waals surface area (Å²) in [5, 5.41) is 9.02. The normalized spacial score (nSPS) is 15.7. The minimum absolute atomic E-state index is 0.121. The van der Waals surface area contributed by atoms with Crippen molar-refractivity contribution in [3.8, 4) is 6.07 Å². The largest absolute Gasteiger partial charge is 0.420 e. The number of aromatic nitrogens is 3. The maximum Gasteiger partial charge on any atom is 0.298 e. The van der Waals surface area contributed by atoms with Crippen molar-refractivity contribution >= 4 is 17.1 Å². The molecule has 0 amide bonds.